The van der Waals surface area contributed by atoms with Crippen LogP contribution in [-0.2, 0) is 4.74 Å². The topological polar surface area (TPSA) is 71.4 Å². The van der Waals surface area contributed by atoms with E-state index in [2.05, 4.69) is 26.4 Å². The van der Waals surface area contributed by atoms with Crippen LogP contribution in [0.3, 0.4) is 0 Å². The second-order valence-corrected chi connectivity index (χ2v) is 6.10. The third kappa shape index (κ3) is 3.51. The number of anilines is 1. The first kappa shape index (κ1) is 17.8. The van der Waals surface area contributed by atoms with Gasteiger partial charge in [-0.05, 0) is 44.1 Å². The van der Waals surface area contributed by atoms with Gasteiger partial charge in [0.25, 0.3) is 0 Å². The number of aromatic nitrogens is 3. The van der Waals surface area contributed by atoms with Gasteiger partial charge in [-0.15, -0.1) is 0 Å². The fraction of sp³-hybridized carbons (Fsp3) is 0.316. The maximum atomic E-state index is 13.0. The van der Waals surface area contributed by atoms with E-state index in [1.807, 2.05) is 6.07 Å². The van der Waals surface area contributed by atoms with E-state index in [0.717, 1.165) is 25.0 Å². The van der Waals surface area contributed by atoms with E-state index >= 15 is 0 Å². The van der Waals surface area contributed by atoms with Crippen molar-refractivity contribution in [2.24, 2.45) is 0 Å². The molecule has 0 spiro atoms. The molecule has 0 saturated carbocycles. The van der Waals surface area contributed by atoms with Crippen molar-refractivity contribution in [2.75, 3.05) is 18.6 Å². The number of pyridine rings is 1. The molecule has 1 saturated heterocycles. The van der Waals surface area contributed by atoms with Gasteiger partial charge in [-0.3, -0.25) is 0 Å². The fourth-order valence-electron chi connectivity index (χ4n) is 3.14. The van der Waals surface area contributed by atoms with Crippen molar-refractivity contribution >= 4 is 16.9 Å². The van der Waals surface area contributed by atoms with Crippen LogP contribution in [0.4, 0.5) is 10.2 Å². The normalized spacial score (nSPS) is 18.4. The quantitative estimate of drug-likeness (QED) is 0.651. The molecule has 7 heteroatoms. The van der Waals surface area contributed by atoms with E-state index in [9.17, 15) is 9.50 Å². The van der Waals surface area contributed by atoms with Crippen LogP contribution in [0.5, 0.6) is 5.88 Å². The summed E-state index contributed by atoms with van der Waals surface area (Å²) in [5, 5.41) is 9.94. The number of hydrogen-bond acceptors (Lipinski definition) is 6. The Morgan fingerprint density at radius 2 is 2.19 bits per heavy atom. The van der Waals surface area contributed by atoms with Crippen molar-refractivity contribution < 1.29 is 14.2 Å². The van der Waals surface area contributed by atoms with Crippen LogP contribution in [0.25, 0.3) is 11.0 Å². The second-order valence-electron chi connectivity index (χ2n) is 6.10. The highest BCUT2D eigenvalue weighted by atomic mass is 19.1. The predicted octanol–water partition coefficient (Wildman–Crippen LogP) is 3.66. The van der Waals surface area contributed by atoms with E-state index in [-0.39, 0.29) is 17.7 Å². The number of ether oxygens (including phenoxy) is 1. The van der Waals surface area contributed by atoms with E-state index in [0.29, 0.717) is 22.6 Å². The van der Waals surface area contributed by atoms with Crippen LogP contribution in [0.2, 0.25) is 0 Å². The molecule has 0 radical (unpaired) electrons. The van der Waals surface area contributed by atoms with Crippen LogP contribution in [0, 0.1) is 0 Å². The van der Waals surface area contributed by atoms with Gasteiger partial charge in [0.1, 0.15) is 17.9 Å². The highest BCUT2D eigenvalue weighted by Crippen LogP contribution is 2.32. The summed E-state index contributed by atoms with van der Waals surface area (Å²) in [6.07, 6.45) is 6.09. The summed E-state index contributed by atoms with van der Waals surface area (Å²) in [4.78, 5) is 14.5. The molecule has 0 unspecified atom stereocenters. The highest BCUT2D eigenvalue weighted by Gasteiger charge is 2.30. The van der Waals surface area contributed by atoms with Gasteiger partial charge in [-0.25, -0.2) is 19.3 Å². The van der Waals surface area contributed by atoms with Crippen molar-refractivity contribution in [1.82, 2.24) is 15.0 Å². The second kappa shape index (κ2) is 7.51. The minimum absolute atomic E-state index is 0.0220. The smallest absolute Gasteiger partial charge is 0.241 e. The summed E-state index contributed by atoms with van der Waals surface area (Å²) < 4.78 is 18.4. The minimum atomic E-state index is -0.303. The largest absolute Gasteiger partial charge is 0.496 e. The van der Waals surface area contributed by atoms with Crippen molar-refractivity contribution in [3.05, 3.63) is 54.4 Å². The van der Waals surface area contributed by atoms with Crippen molar-refractivity contribution in [3.8, 4) is 5.88 Å². The fourth-order valence-corrected chi connectivity index (χ4v) is 3.14. The van der Waals surface area contributed by atoms with Gasteiger partial charge in [0, 0.05) is 12.1 Å². The van der Waals surface area contributed by atoms with Crippen LogP contribution in [-0.4, -0.2) is 39.8 Å². The number of methoxy groups -OCH3 is 1. The van der Waals surface area contributed by atoms with E-state index in [4.69, 9.17) is 4.74 Å². The van der Waals surface area contributed by atoms with Crippen molar-refractivity contribution in [2.45, 2.75) is 25.8 Å². The maximum Gasteiger partial charge on any atom is 0.241 e. The summed E-state index contributed by atoms with van der Waals surface area (Å²) in [5.41, 5.74) is 1.70. The number of halogens is 1. The average molecular weight is 356 g/mol. The van der Waals surface area contributed by atoms with Gasteiger partial charge in [0.2, 0.25) is 5.88 Å². The Bertz CT molecular complexity index is 890. The molecular weight excluding hydrogens is 335 g/mol. The van der Waals surface area contributed by atoms with Gasteiger partial charge >= 0.3 is 0 Å². The standard InChI is InChI=1S/C19H21FN4O2/c1-12(20)6-8-16(26-3)13(2)15-5-4-10-24(15)17-9-7-14-18(23-17)19(25)22-11-21-14/h6-9,11,15H,2,4-5,10H2,1,3H3,(H,21,22,25)/b12-6+,16-8+/t15-/m1/s1. The Hall–Kier alpha value is -2.96. The maximum absolute atomic E-state index is 13.0. The molecule has 3 rings (SSSR count). The van der Waals surface area contributed by atoms with E-state index < -0.39 is 0 Å². The molecule has 3 heterocycles. The Balaban J connectivity index is 1.93. The Morgan fingerprint density at radius 1 is 1.38 bits per heavy atom. The molecule has 1 atom stereocenters. The summed E-state index contributed by atoms with van der Waals surface area (Å²) >= 11 is 0. The van der Waals surface area contributed by atoms with Gasteiger partial charge in [0.05, 0.1) is 24.5 Å². The third-order valence-corrected chi connectivity index (χ3v) is 4.40. The lowest BCUT2D eigenvalue weighted by Gasteiger charge is -2.28. The van der Waals surface area contributed by atoms with Gasteiger partial charge in [0.15, 0.2) is 5.52 Å². The molecule has 6 nitrogen and oxygen atoms in total. The van der Waals surface area contributed by atoms with Gasteiger partial charge < -0.3 is 14.7 Å². The predicted molar refractivity (Wildman–Crippen MR) is 98.5 cm³/mol. The summed E-state index contributed by atoms with van der Waals surface area (Å²) in [6, 6.07) is 3.65. The summed E-state index contributed by atoms with van der Waals surface area (Å²) in [5.74, 6) is 0.791. The van der Waals surface area contributed by atoms with Crippen molar-refractivity contribution in [1.29, 1.82) is 0 Å². The monoisotopic (exact) mass is 356 g/mol. The molecule has 1 aliphatic heterocycles. The lowest BCUT2D eigenvalue weighted by Crippen LogP contribution is -2.32. The first-order valence-electron chi connectivity index (χ1n) is 8.36. The number of hydrogen-bond donors (Lipinski definition) is 1. The lowest BCUT2D eigenvalue weighted by atomic mass is 10.0. The Kier molecular flexibility index (Phi) is 5.16. The zero-order valence-corrected chi connectivity index (χ0v) is 14.8. The molecular formula is C19H21FN4O2. The molecule has 0 aromatic carbocycles. The molecule has 26 heavy (non-hydrogen) atoms. The van der Waals surface area contributed by atoms with E-state index in [1.54, 1.807) is 19.3 Å². The SMILES string of the molecule is C=C(/C(=C\C=C(/C)F)OC)[C@H]1CCCN1c1ccc2ncnc(O)c2n1. The minimum Gasteiger partial charge on any atom is -0.496 e. The zero-order chi connectivity index (χ0) is 18.7. The number of rotatable bonds is 5. The molecule has 0 amide bonds. The molecule has 0 bridgehead atoms. The number of allylic oxidation sites excluding steroid dienone is 3. The lowest BCUT2D eigenvalue weighted by molar-refractivity contribution is 0.296. The zero-order valence-electron chi connectivity index (χ0n) is 14.8. The first-order chi connectivity index (χ1) is 12.5. The first-order valence-corrected chi connectivity index (χ1v) is 8.36. The van der Waals surface area contributed by atoms with Crippen LogP contribution < -0.4 is 4.90 Å². The number of aromatic hydroxyl groups is 1. The molecule has 136 valence electrons. The molecule has 1 N–H and O–H groups in total. The summed E-state index contributed by atoms with van der Waals surface area (Å²) in [7, 11) is 1.54. The van der Waals surface area contributed by atoms with Gasteiger partial charge in [-0.2, -0.15) is 0 Å². The number of fused-ring (bicyclic) bond motifs is 1. The highest BCUT2D eigenvalue weighted by molar-refractivity contribution is 5.80. The Labute approximate surface area is 151 Å². The molecule has 1 aliphatic rings. The van der Waals surface area contributed by atoms with Crippen LogP contribution in [0.15, 0.2) is 54.4 Å². The van der Waals surface area contributed by atoms with E-state index in [1.165, 1.54) is 19.3 Å². The molecule has 1 fully saturated rings. The molecule has 0 aliphatic carbocycles. The summed E-state index contributed by atoms with van der Waals surface area (Å²) in [6.45, 7) is 6.33. The average Bonchev–Trinajstić information content (AvgIpc) is 3.11. The van der Waals surface area contributed by atoms with Crippen LogP contribution >= 0.6 is 0 Å². The molecule has 2 aromatic heterocycles. The Morgan fingerprint density at radius 3 is 2.92 bits per heavy atom. The third-order valence-electron chi connectivity index (χ3n) is 4.40. The van der Waals surface area contributed by atoms with Gasteiger partial charge in [-0.1, -0.05) is 6.58 Å². The number of nitrogens with zero attached hydrogens (tertiary/aromatic N) is 4. The molecule has 2 aromatic rings. The van der Waals surface area contributed by atoms with Crippen molar-refractivity contribution in [3.63, 3.8) is 0 Å². The van der Waals surface area contributed by atoms with Crippen LogP contribution in [0.1, 0.15) is 19.8 Å².